The van der Waals surface area contributed by atoms with E-state index >= 15 is 0 Å². The van der Waals surface area contributed by atoms with Crippen LogP contribution in [0.15, 0.2) is 18.3 Å². The Labute approximate surface area is 108 Å². The molecule has 0 amide bonds. The lowest BCUT2D eigenvalue weighted by molar-refractivity contribution is 0.0696. The molecule has 1 atom stereocenters. The first-order valence-electron chi connectivity index (χ1n) is 6.05. The molecule has 0 fully saturated rings. The molecule has 0 aliphatic heterocycles. The van der Waals surface area contributed by atoms with Crippen LogP contribution < -0.4 is 5.32 Å². The molecular formula is C13H21N3O2. The smallest absolute Gasteiger partial charge is 0.337 e. The number of hydrogen-bond acceptors (Lipinski definition) is 4. The fourth-order valence-electron chi connectivity index (χ4n) is 1.49. The van der Waals surface area contributed by atoms with Gasteiger partial charge in [-0.25, -0.2) is 4.79 Å². The van der Waals surface area contributed by atoms with Gasteiger partial charge in [-0.2, -0.15) is 0 Å². The van der Waals surface area contributed by atoms with Crippen molar-refractivity contribution in [3.8, 4) is 0 Å². The molecule has 18 heavy (non-hydrogen) atoms. The molecule has 1 aromatic rings. The number of carbonyl (C=O) groups is 1. The second kappa shape index (κ2) is 7.08. The van der Waals surface area contributed by atoms with Crippen molar-refractivity contribution in [3.63, 3.8) is 0 Å². The highest BCUT2D eigenvalue weighted by Gasteiger charge is 2.05. The van der Waals surface area contributed by atoms with Gasteiger partial charge in [0.1, 0.15) is 0 Å². The minimum absolute atomic E-state index is 0.222. The summed E-state index contributed by atoms with van der Waals surface area (Å²) in [6.45, 7) is 3.84. The van der Waals surface area contributed by atoms with E-state index in [0.717, 1.165) is 18.7 Å². The largest absolute Gasteiger partial charge is 0.478 e. The summed E-state index contributed by atoms with van der Waals surface area (Å²) >= 11 is 0. The molecule has 0 saturated carbocycles. The van der Waals surface area contributed by atoms with E-state index in [-0.39, 0.29) is 5.56 Å². The molecule has 0 bridgehead atoms. The first-order chi connectivity index (χ1) is 8.49. The van der Waals surface area contributed by atoms with Crippen molar-refractivity contribution in [2.24, 2.45) is 0 Å². The minimum atomic E-state index is -0.943. The number of rotatable bonds is 7. The summed E-state index contributed by atoms with van der Waals surface area (Å²) in [5.41, 5.74) is 1.08. The standard InChI is InChI=1S/C13H21N3O2/c1-10(6-7-16(2)3)14-9-12-5-4-11(8-15-12)13(17)18/h4-5,8,10,14H,6-7,9H2,1-3H3,(H,17,18). The van der Waals surface area contributed by atoms with Gasteiger partial charge in [0.05, 0.1) is 11.3 Å². The highest BCUT2D eigenvalue weighted by atomic mass is 16.4. The van der Waals surface area contributed by atoms with Gasteiger partial charge in [0.25, 0.3) is 0 Å². The number of aromatic nitrogens is 1. The monoisotopic (exact) mass is 251 g/mol. The van der Waals surface area contributed by atoms with Crippen molar-refractivity contribution in [1.82, 2.24) is 15.2 Å². The molecule has 2 N–H and O–H groups in total. The van der Waals surface area contributed by atoms with Crippen LogP contribution >= 0.6 is 0 Å². The van der Waals surface area contributed by atoms with E-state index in [9.17, 15) is 4.79 Å². The Morgan fingerprint density at radius 2 is 2.22 bits per heavy atom. The fraction of sp³-hybridized carbons (Fsp3) is 0.538. The molecule has 1 unspecified atom stereocenters. The van der Waals surface area contributed by atoms with Gasteiger partial charge in [-0.15, -0.1) is 0 Å². The van der Waals surface area contributed by atoms with Gasteiger partial charge in [-0.3, -0.25) is 4.98 Å². The van der Waals surface area contributed by atoms with Crippen LogP contribution in [-0.4, -0.2) is 47.6 Å². The van der Waals surface area contributed by atoms with Crippen molar-refractivity contribution in [1.29, 1.82) is 0 Å². The number of aromatic carboxylic acids is 1. The third-order valence-corrected chi connectivity index (χ3v) is 2.71. The molecule has 0 aromatic carbocycles. The molecule has 0 radical (unpaired) electrons. The second-order valence-corrected chi connectivity index (χ2v) is 4.72. The summed E-state index contributed by atoms with van der Waals surface area (Å²) in [6.07, 6.45) is 2.46. The first kappa shape index (κ1) is 14.6. The average molecular weight is 251 g/mol. The van der Waals surface area contributed by atoms with E-state index in [2.05, 4.69) is 36.2 Å². The molecule has 0 saturated heterocycles. The van der Waals surface area contributed by atoms with E-state index in [4.69, 9.17) is 5.11 Å². The van der Waals surface area contributed by atoms with Gasteiger partial charge >= 0.3 is 5.97 Å². The van der Waals surface area contributed by atoms with Crippen molar-refractivity contribution in [2.45, 2.75) is 25.9 Å². The molecule has 1 aromatic heterocycles. The molecule has 0 aliphatic rings. The van der Waals surface area contributed by atoms with Crippen LogP contribution in [0.2, 0.25) is 0 Å². The predicted molar refractivity (Wildman–Crippen MR) is 70.7 cm³/mol. The van der Waals surface area contributed by atoms with Crippen LogP contribution in [0.1, 0.15) is 29.4 Å². The zero-order chi connectivity index (χ0) is 13.5. The Balaban J connectivity index is 2.36. The zero-order valence-electron chi connectivity index (χ0n) is 11.2. The van der Waals surface area contributed by atoms with E-state index in [1.165, 1.54) is 6.20 Å². The number of pyridine rings is 1. The van der Waals surface area contributed by atoms with E-state index in [0.29, 0.717) is 12.6 Å². The Hall–Kier alpha value is -1.46. The van der Waals surface area contributed by atoms with Gasteiger partial charge in [0, 0.05) is 18.8 Å². The fourth-order valence-corrected chi connectivity index (χ4v) is 1.49. The summed E-state index contributed by atoms with van der Waals surface area (Å²) in [6, 6.07) is 3.74. The third kappa shape index (κ3) is 5.25. The molecule has 0 aliphatic carbocycles. The lowest BCUT2D eigenvalue weighted by Gasteiger charge is -2.16. The lowest BCUT2D eigenvalue weighted by atomic mass is 10.2. The van der Waals surface area contributed by atoms with Crippen molar-refractivity contribution < 1.29 is 9.90 Å². The minimum Gasteiger partial charge on any atom is -0.478 e. The van der Waals surface area contributed by atoms with E-state index < -0.39 is 5.97 Å². The normalized spacial score (nSPS) is 12.7. The number of hydrogen-bond donors (Lipinski definition) is 2. The van der Waals surface area contributed by atoms with Crippen molar-refractivity contribution >= 4 is 5.97 Å². The number of carboxylic acids is 1. The maximum absolute atomic E-state index is 10.7. The van der Waals surface area contributed by atoms with Gasteiger partial charge < -0.3 is 15.3 Å². The van der Waals surface area contributed by atoms with Gasteiger partial charge in [-0.05, 0) is 46.1 Å². The van der Waals surface area contributed by atoms with Crippen LogP contribution in [0.3, 0.4) is 0 Å². The Kier molecular flexibility index (Phi) is 5.74. The van der Waals surface area contributed by atoms with Gasteiger partial charge in [0.15, 0.2) is 0 Å². The molecule has 1 rings (SSSR count). The molecule has 100 valence electrons. The van der Waals surface area contributed by atoms with Crippen LogP contribution in [0.5, 0.6) is 0 Å². The number of carboxylic acid groups (broad SMARTS) is 1. The maximum atomic E-state index is 10.7. The molecule has 0 spiro atoms. The summed E-state index contributed by atoms with van der Waals surface area (Å²) in [5, 5.41) is 12.1. The topological polar surface area (TPSA) is 65.5 Å². The summed E-state index contributed by atoms with van der Waals surface area (Å²) in [4.78, 5) is 16.9. The van der Waals surface area contributed by atoms with E-state index in [1.54, 1.807) is 12.1 Å². The van der Waals surface area contributed by atoms with Crippen molar-refractivity contribution in [2.75, 3.05) is 20.6 Å². The summed E-state index contributed by atoms with van der Waals surface area (Å²) in [5.74, 6) is -0.943. The molecular weight excluding hydrogens is 230 g/mol. The van der Waals surface area contributed by atoms with Crippen LogP contribution in [0, 0.1) is 0 Å². The SMILES string of the molecule is CC(CCN(C)C)NCc1ccc(C(=O)O)cn1. The highest BCUT2D eigenvalue weighted by Crippen LogP contribution is 2.01. The highest BCUT2D eigenvalue weighted by molar-refractivity contribution is 5.87. The molecule has 1 heterocycles. The maximum Gasteiger partial charge on any atom is 0.337 e. The zero-order valence-corrected chi connectivity index (χ0v) is 11.2. The quantitative estimate of drug-likeness (QED) is 0.762. The Morgan fingerprint density at radius 1 is 1.50 bits per heavy atom. The first-order valence-corrected chi connectivity index (χ1v) is 6.05. The average Bonchev–Trinajstić information content (AvgIpc) is 2.34. The van der Waals surface area contributed by atoms with Crippen LogP contribution in [-0.2, 0) is 6.54 Å². The molecule has 5 heteroatoms. The van der Waals surface area contributed by atoms with Gasteiger partial charge in [-0.1, -0.05) is 0 Å². The predicted octanol–water partition coefficient (Wildman–Crippen LogP) is 1.21. The van der Waals surface area contributed by atoms with Crippen molar-refractivity contribution in [3.05, 3.63) is 29.6 Å². The van der Waals surface area contributed by atoms with E-state index in [1.807, 2.05) is 0 Å². The van der Waals surface area contributed by atoms with Crippen LogP contribution in [0.25, 0.3) is 0 Å². The summed E-state index contributed by atoms with van der Waals surface area (Å²) < 4.78 is 0. The summed E-state index contributed by atoms with van der Waals surface area (Å²) in [7, 11) is 4.11. The number of nitrogens with zero attached hydrogens (tertiary/aromatic N) is 2. The lowest BCUT2D eigenvalue weighted by Crippen LogP contribution is -2.29. The van der Waals surface area contributed by atoms with Crippen LogP contribution in [0.4, 0.5) is 0 Å². The van der Waals surface area contributed by atoms with Gasteiger partial charge in [0.2, 0.25) is 0 Å². The Bertz CT molecular complexity index is 376. The third-order valence-electron chi connectivity index (χ3n) is 2.71. The Morgan fingerprint density at radius 3 is 2.72 bits per heavy atom. The second-order valence-electron chi connectivity index (χ2n) is 4.72. The molecule has 5 nitrogen and oxygen atoms in total. The number of nitrogens with one attached hydrogen (secondary N) is 1.